The summed E-state index contributed by atoms with van der Waals surface area (Å²) in [5.41, 5.74) is 2.24. The molecule has 0 aromatic carbocycles. The van der Waals surface area contributed by atoms with Crippen LogP contribution in [0.1, 0.15) is 50.0 Å². The van der Waals surface area contributed by atoms with E-state index in [-0.39, 0.29) is 11.9 Å². The molecule has 1 saturated carbocycles. The Morgan fingerprint density at radius 2 is 2.12 bits per heavy atom. The molecule has 25 heavy (non-hydrogen) atoms. The number of carbonyl (C=O) groups is 1. The van der Waals surface area contributed by atoms with Gasteiger partial charge in [0.1, 0.15) is 17.8 Å². The zero-order chi connectivity index (χ0) is 17.2. The van der Waals surface area contributed by atoms with Crippen LogP contribution in [0.2, 0.25) is 0 Å². The number of likely N-dealkylation sites (tertiary alicyclic amines) is 1. The Hall–Kier alpha value is -2.37. The van der Waals surface area contributed by atoms with Crippen molar-refractivity contribution in [2.24, 2.45) is 0 Å². The quantitative estimate of drug-likeness (QED) is 0.839. The normalized spacial score (nSPS) is 21.6. The highest BCUT2D eigenvalue weighted by Gasteiger charge is 2.26. The van der Waals surface area contributed by atoms with E-state index in [1.807, 2.05) is 4.90 Å². The second kappa shape index (κ2) is 6.86. The zero-order valence-electron chi connectivity index (χ0n) is 14.5. The Bertz CT molecular complexity index is 777. The number of carbonyl (C=O) groups excluding carboxylic acids is 1. The highest BCUT2D eigenvalue weighted by molar-refractivity contribution is 5.91. The maximum Gasteiger partial charge on any atom is 0.246 e. The van der Waals surface area contributed by atoms with Gasteiger partial charge in [0.05, 0.1) is 5.39 Å². The maximum absolute atomic E-state index is 11.9. The summed E-state index contributed by atoms with van der Waals surface area (Å²) in [5.74, 6) is 1.50. The molecule has 0 unspecified atom stereocenters. The van der Waals surface area contributed by atoms with Gasteiger partial charge in [-0.25, -0.2) is 9.97 Å². The Morgan fingerprint density at radius 3 is 2.92 bits per heavy atom. The van der Waals surface area contributed by atoms with Crippen LogP contribution < -0.4 is 5.32 Å². The summed E-state index contributed by atoms with van der Waals surface area (Å²) in [6, 6.07) is 0.210. The SMILES string of the molecule is C=CC(=O)N1CCC[C@@H](Nc2ncnc3[nH]cc(C4CCCC4)c23)C1. The van der Waals surface area contributed by atoms with Crippen molar-refractivity contribution in [2.75, 3.05) is 18.4 Å². The first-order valence-electron chi connectivity index (χ1n) is 9.26. The molecule has 2 aliphatic rings. The minimum atomic E-state index is 0.00706. The Labute approximate surface area is 147 Å². The van der Waals surface area contributed by atoms with E-state index in [1.165, 1.54) is 37.3 Å². The third kappa shape index (κ3) is 3.13. The van der Waals surface area contributed by atoms with Crippen LogP contribution in [-0.2, 0) is 4.79 Å². The number of anilines is 1. The van der Waals surface area contributed by atoms with Gasteiger partial charge >= 0.3 is 0 Å². The lowest BCUT2D eigenvalue weighted by atomic mass is 9.97. The third-order valence-electron chi connectivity index (χ3n) is 5.54. The van der Waals surface area contributed by atoms with Crippen molar-refractivity contribution in [1.29, 1.82) is 0 Å². The average Bonchev–Trinajstić information content (AvgIpc) is 3.31. The molecule has 0 spiro atoms. The van der Waals surface area contributed by atoms with Crippen molar-refractivity contribution < 1.29 is 4.79 Å². The summed E-state index contributed by atoms with van der Waals surface area (Å²) >= 11 is 0. The number of piperidine rings is 1. The molecule has 2 aromatic heterocycles. The van der Waals surface area contributed by atoms with Crippen LogP contribution in [0, 0.1) is 0 Å². The third-order valence-corrected chi connectivity index (χ3v) is 5.54. The van der Waals surface area contributed by atoms with Crippen molar-refractivity contribution in [1.82, 2.24) is 19.9 Å². The Kier molecular flexibility index (Phi) is 4.42. The van der Waals surface area contributed by atoms with Crippen LogP contribution in [0.4, 0.5) is 5.82 Å². The molecule has 0 radical (unpaired) electrons. The summed E-state index contributed by atoms with van der Waals surface area (Å²) in [7, 11) is 0. The fourth-order valence-corrected chi connectivity index (χ4v) is 4.27. The molecular weight excluding hydrogens is 314 g/mol. The summed E-state index contributed by atoms with van der Waals surface area (Å²) < 4.78 is 0. The molecule has 2 fully saturated rings. The number of amides is 1. The number of nitrogens with zero attached hydrogens (tertiary/aromatic N) is 3. The molecule has 4 rings (SSSR count). The fourth-order valence-electron chi connectivity index (χ4n) is 4.27. The van der Waals surface area contributed by atoms with E-state index in [4.69, 9.17) is 0 Å². The molecule has 0 bridgehead atoms. The standard InChI is InChI=1S/C19H25N5O/c1-2-16(25)24-9-5-8-14(11-24)23-19-17-15(13-6-3-4-7-13)10-20-18(17)21-12-22-19/h2,10,12-14H,1,3-9,11H2,(H2,20,21,22,23)/t14-/m1/s1. The van der Waals surface area contributed by atoms with E-state index in [1.54, 1.807) is 6.33 Å². The van der Waals surface area contributed by atoms with E-state index >= 15 is 0 Å². The van der Waals surface area contributed by atoms with Gasteiger partial charge < -0.3 is 15.2 Å². The molecule has 6 nitrogen and oxygen atoms in total. The lowest BCUT2D eigenvalue weighted by molar-refractivity contribution is -0.127. The second-order valence-electron chi connectivity index (χ2n) is 7.14. The highest BCUT2D eigenvalue weighted by atomic mass is 16.2. The Balaban J connectivity index is 1.59. The number of hydrogen-bond donors (Lipinski definition) is 2. The minimum absolute atomic E-state index is 0.00706. The first kappa shape index (κ1) is 16.1. The first-order valence-corrected chi connectivity index (χ1v) is 9.26. The van der Waals surface area contributed by atoms with Crippen molar-refractivity contribution in [3.8, 4) is 0 Å². The van der Waals surface area contributed by atoms with E-state index in [0.717, 1.165) is 36.2 Å². The molecule has 2 aromatic rings. The predicted molar refractivity (Wildman–Crippen MR) is 98.5 cm³/mol. The number of hydrogen-bond acceptors (Lipinski definition) is 4. The van der Waals surface area contributed by atoms with Gasteiger partial charge in [0.2, 0.25) is 5.91 Å². The largest absolute Gasteiger partial charge is 0.365 e. The first-order chi connectivity index (χ1) is 12.3. The van der Waals surface area contributed by atoms with Crippen molar-refractivity contribution in [3.05, 3.63) is 30.7 Å². The molecule has 1 aliphatic heterocycles. The number of fused-ring (bicyclic) bond motifs is 1. The lowest BCUT2D eigenvalue weighted by Crippen LogP contribution is -2.44. The molecule has 132 valence electrons. The van der Waals surface area contributed by atoms with Crippen LogP contribution in [0.25, 0.3) is 11.0 Å². The smallest absolute Gasteiger partial charge is 0.246 e. The van der Waals surface area contributed by atoms with E-state index < -0.39 is 0 Å². The van der Waals surface area contributed by atoms with Gasteiger partial charge in [-0.2, -0.15) is 0 Å². The monoisotopic (exact) mass is 339 g/mol. The topological polar surface area (TPSA) is 73.9 Å². The van der Waals surface area contributed by atoms with Gasteiger partial charge in [-0.05, 0) is 43.2 Å². The highest BCUT2D eigenvalue weighted by Crippen LogP contribution is 2.39. The van der Waals surface area contributed by atoms with E-state index in [2.05, 4.69) is 33.0 Å². The number of aromatic amines is 1. The van der Waals surface area contributed by atoms with Crippen LogP contribution >= 0.6 is 0 Å². The number of aromatic nitrogens is 3. The minimum Gasteiger partial charge on any atom is -0.365 e. The van der Waals surface area contributed by atoms with E-state index in [9.17, 15) is 4.79 Å². The zero-order valence-corrected chi connectivity index (χ0v) is 14.5. The van der Waals surface area contributed by atoms with E-state index in [0.29, 0.717) is 12.5 Å². The Morgan fingerprint density at radius 1 is 1.28 bits per heavy atom. The van der Waals surface area contributed by atoms with Crippen molar-refractivity contribution in [2.45, 2.75) is 50.5 Å². The molecule has 1 amide bonds. The molecule has 1 aliphatic carbocycles. The number of nitrogens with one attached hydrogen (secondary N) is 2. The van der Waals surface area contributed by atoms with Crippen molar-refractivity contribution in [3.63, 3.8) is 0 Å². The van der Waals surface area contributed by atoms with Crippen LogP contribution in [-0.4, -0.2) is 44.9 Å². The van der Waals surface area contributed by atoms with Crippen molar-refractivity contribution >= 4 is 22.8 Å². The molecule has 1 atom stereocenters. The van der Waals surface area contributed by atoms with Crippen LogP contribution in [0.5, 0.6) is 0 Å². The van der Waals surface area contributed by atoms with Crippen LogP contribution in [0.3, 0.4) is 0 Å². The number of rotatable bonds is 4. The van der Waals surface area contributed by atoms with Gasteiger partial charge in [-0.1, -0.05) is 19.4 Å². The number of H-pyrrole nitrogens is 1. The molecule has 6 heteroatoms. The average molecular weight is 339 g/mol. The van der Waals surface area contributed by atoms with Gasteiger partial charge in [0, 0.05) is 25.3 Å². The molecular formula is C19H25N5O. The fraction of sp³-hybridized carbons (Fsp3) is 0.526. The lowest BCUT2D eigenvalue weighted by Gasteiger charge is -2.33. The molecule has 3 heterocycles. The van der Waals surface area contributed by atoms with Gasteiger partial charge in [-0.3, -0.25) is 4.79 Å². The van der Waals surface area contributed by atoms with Gasteiger partial charge in [0.25, 0.3) is 0 Å². The maximum atomic E-state index is 11.9. The second-order valence-corrected chi connectivity index (χ2v) is 7.14. The predicted octanol–water partition coefficient (Wildman–Crippen LogP) is 3.20. The molecule has 2 N–H and O–H groups in total. The summed E-state index contributed by atoms with van der Waals surface area (Å²) in [4.78, 5) is 26.0. The van der Waals surface area contributed by atoms with Crippen LogP contribution in [0.15, 0.2) is 25.2 Å². The summed E-state index contributed by atoms with van der Waals surface area (Å²) in [6.07, 6.45) is 12.2. The van der Waals surface area contributed by atoms with Gasteiger partial charge in [0.15, 0.2) is 0 Å². The molecule has 1 saturated heterocycles. The van der Waals surface area contributed by atoms with Gasteiger partial charge in [-0.15, -0.1) is 0 Å². The summed E-state index contributed by atoms with van der Waals surface area (Å²) in [5, 5.41) is 4.71. The summed E-state index contributed by atoms with van der Waals surface area (Å²) in [6.45, 7) is 5.10.